The highest BCUT2D eigenvalue weighted by Gasteiger charge is 2.01. The van der Waals surface area contributed by atoms with Gasteiger partial charge >= 0.3 is 0 Å². The van der Waals surface area contributed by atoms with Gasteiger partial charge in [-0.15, -0.1) is 0 Å². The fourth-order valence-electron chi connectivity index (χ4n) is 4.73. The van der Waals surface area contributed by atoms with Crippen molar-refractivity contribution in [2.24, 2.45) is 0 Å². The number of hydrogen-bond acceptors (Lipinski definition) is 8. The van der Waals surface area contributed by atoms with Crippen LogP contribution in [-0.4, -0.2) is 80.7 Å². The third-order valence-electron chi connectivity index (χ3n) is 9.03. The van der Waals surface area contributed by atoms with Gasteiger partial charge in [-0.2, -0.15) is 20.4 Å². The van der Waals surface area contributed by atoms with Crippen LogP contribution in [-0.2, 0) is 0 Å². The summed E-state index contributed by atoms with van der Waals surface area (Å²) >= 11 is 0. The molecule has 8 aromatic heterocycles. The first-order valence-corrected chi connectivity index (χ1v) is 30.4. The largest absolute Gasteiger partial charge is 0.367 e. The number of rotatable bonds is 8. The molecule has 16 heteroatoms. The Labute approximate surface area is 499 Å². The quantitative estimate of drug-likeness (QED) is 0.0728. The van der Waals surface area contributed by atoms with E-state index in [9.17, 15) is 0 Å². The summed E-state index contributed by atoms with van der Waals surface area (Å²) < 4.78 is 0. The lowest BCUT2D eigenvalue weighted by molar-refractivity contribution is 0.781. The van der Waals surface area contributed by atoms with Gasteiger partial charge in [-0.25, -0.2) is 19.9 Å². The molecule has 0 saturated carbocycles. The number of imidazole rings is 2. The molecule has 0 aliphatic heterocycles. The molecule has 0 radical (unpaired) electrons. The number of nitrogens with zero attached hydrogens (tertiary/aromatic N) is 8. The van der Waals surface area contributed by atoms with Gasteiger partial charge in [0.15, 0.2) is 0 Å². The zero-order valence-corrected chi connectivity index (χ0v) is 57.4. The van der Waals surface area contributed by atoms with Crippen molar-refractivity contribution in [2.45, 2.75) is 276 Å². The molecule has 8 N–H and O–H groups in total. The lowest BCUT2D eigenvalue weighted by Crippen LogP contribution is -1.88. The van der Waals surface area contributed by atoms with E-state index in [1.807, 2.05) is 166 Å². The predicted molar refractivity (Wildman–Crippen MR) is 359 cm³/mol. The van der Waals surface area contributed by atoms with Gasteiger partial charge in [0, 0.05) is 84.4 Å². The van der Waals surface area contributed by atoms with Gasteiger partial charge in [0.25, 0.3) is 0 Å². The second kappa shape index (κ2) is 71.7. The summed E-state index contributed by atoms with van der Waals surface area (Å²) in [7, 11) is 0. The second-order valence-electron chi connectivity index (χ2n) is 17.3. The normalized spacial score (nSPS) is 8.79. The molecule has 0 saturated heterocycles. The van der Waals surface area contributed by atoms with E-state index in [2.05, 4.69) is 204 Å². The van der Waals surface area contributed by atoms with Crippen LogP contribution in [0.1, 0.15) is 322 Å². The Morgan fingerprint density at radius 1 is 0.346 bits per heavy atom. The van der Waals surface area contributed by atoms with Crippen molar-refractivity contribution in [2.75, 3.05) is 0 Å². The molecular formula is C65H132N16. The molecule has 0 aliphatic carbocycles. The first-order valence-electron chi connectivity index (χ1n) is 30.4. The van der Waals surface area contributed by atoms with Gasteiger partial charge < -0.3 is 19.9 Å². The van der Waals surface area contributed by atoms with Crippen LogP contribution in [0.2, 0.25) is 0 Å². The molecular weight excluding hydrogens is 1000 g/mol. The van der Waals surface area contributed by atoms with E-state index < -0.39 is 0 Å². The summed E-state index contributed by atoms with van der Waals surface area (Å²) in [6.45, 7) is 66.0. The highest BCUT2D eigenvalue weighted by atomic mass is 15.2. The molecule has 8 heterocycles. The zero-order valence-electron chi connectivity index (χ0n) is 57.4. The van der Waals surface area contributed by atoms with E-state index in [0.717, 1.165) is 17.5 Å². The van der Waals surface area contributed by atoms with E-state index in [0.29, 0.717) is 47.3 Å². The molecule has 0 spiro atoms. The fourth-order valence-corrected chi connectivity index (χ4v) is 4.73. The number of aromatic nitrogens is 16. The van der Waals surface area contributed by atoms with E-state index >= 15 is 0 Å². The van der Waals surface area contributed by atoms with Gasteiger partial charge in [-0.1, -0.05) is 229 Å². The molecule has 8 rings (SSSR count). The smallest absolute Gasteiger partial charge is 0.137 e. The van der Waals surface area contributed by atoms with Crippen molar-refractivity contribution < 1.29 is 0 Å². The first kappa shape index (κ1) is 94.0. The van der Waals surface area contributed by atoms with E-state index in [1.54, 1.807) is 18.7 Å². The minimum Gasteiger partial charge on any atom is -0.367 e. The molecule has 0 aliphatic rings. The third kappa shape index (κ3) is 56.7. The van der Waals surface area contributed by atoms with Crippen LogP contribution in [0.4, 0.5) is 0 Å². The predicted octanol–water partition coefficient (Wildman–Crippen LogP) is 21.1. The zero-order chi connectivity index (χ0) is 63.9. The number of H-pyrrole nitrogens is 8. The highest BCUT2D eigenvalue weighted by molar-refractivity contribution is 5.12. The Balaban J connectivity index is -0.000000101. The van der Waals surface area contributed by atoms with Gasteiger partial charge in [-0.05, 0) is 65.0 Å². The Morgan fingerprint density at radius 3 is 0.988 bits per heavy atom. The van der Waals surface area contributed by atoms with Crippen molar-refractivity contribution in [3.8, 4) is 0 Å². The van der Waals surface area contributed by atoms with Gasteiger partial charge in [0.2, 0.25) is 0 Å². The SMILES string of the molecule is C.CC.CC.CC.CC.CC.CC.CC.CC.CC(C)c1cc[nH]c1.CC(C)c1ccc[nH]1.CC(C)c1ccn[nH]1.CC(C)c1cn[nH]c1.CC(C)c1cnc[nH]1.CC(C)c1ncc[nH]1.CC(C)c1ncn[nH]1.CC(C)c1ncn[nH]1. The molecule has 8 aromatic rings. The van der Waals surface area contributed by atoms with Crippen molar-refractivity contribution in [3.05, 3.63) is 145 Å². The van der Waals surface area contributed by atoms with Crippen LogP contribution in [0.3, 0.4) is 0 Å². The van der Waals surface area contributed by atoms with Gasteiger partial charge in [0.1, 0.15) is 30.1 Å². The van der Waals surface area contributed by atoms with E-state index in [4.69, 9.17) is 0 Å². The molecule has 81 heavy (non-hydrogen) atoms. The van der Waals surface area contributed by atoms with Crippen molar-refractivity contribution in [1.82, 2.24) is 80.7 Å². The monoisotopic (exact) mass is 1140 g/mol. The highest BCUT2D eigenvalue weighted by Crippen LogP contribution is 2.13. The Kier molecular flexibility index (Phi) is 83.2. The second-order valence-corrected chi connectivity index (χ2v) is 17.3. The summed E-state index contributed by atoms with van der Waals surface area (Å²) in [5, 5.41) is 26.3. The maximum absolute atomic E-state index is 4.06. The Morgan fingerprint density at radius 2 is 0.815 bits per heavy atom. The average molecular weight is 1140 g/mol. The van der Waals surface area contributed by atoms with Crippen molar-refractivity contribution in [3.63, 3.8) is 0 Å². The Hall–Kier alpha value is -6.32. The molecule has 0 fully saturated rings. The summed E-state index contributed by atoms with van der Waals surface area (Å²) in [5.74, 6) is 7.40. The molecule has 0 amide bonds. The summed E-state index contributed by atoms with van der Waals surface area (Å²) in [6.07, 6.45) is 21.7. The molecule has 16 nitrogen and oxygen atoms in total. The molecule has 472 valence electrons. The van der Waals surface area contributed by atoms with Crippen molar-refractivity contribution in [1.29, 1.82) is 0 Å². The number of hydrogen-bond donors (Lipinski definition) is 8. The molecule has 0 unspecified atom stereocenters. The standard InChI is InChI=1S/2C7H11N.4C6H10N2.2C5H9N3.8C2H6.CH4/c1-6(2)7-3-4-8-5-7;1-6(2)7-4-3-5-8-7;1-5(2)6-3-7-4-8-6;1-5(2)6-3-7-8-4-6;1-5(2)6-7-3-4-8-6;1-5(2)6-3-4-7-8-6;2*1-4(2)5-6-3-7-8-5;8*1-2;/h2*3-6,8H,1-2H3;4*3-5H,1-2H3,(H,7,8);2*3-4H,1-2H3,(H,6,7,8);8*1-2H3;1H4. The van der Waals surface area contributed by atoms with Crippen molar-refractivity contribution >= 4 is 0 Å². The van der Waals surface area contributed by atoms with Gasteiger partial charge in [-0.3, -0.25) is 20.4 Å². The summed E-state index contributed by atoms with van der Waals surface area (Å²) in [5.41, 5.74) is 6.36. The molecule has 0 atom stereocenters. The maximum Gasteiger partial charge on any atom is 0.137 e. The lowest BCUT2D eigenvalue weighted by atomic mass is 10.1. The van der Waals surface area contributed by atoms with Crippen LogP contribution < -0.4 is 0 Å². The summed E-state index contributed by atoms with van der Waals surface area (Å²) in [6, 6.07) is 8.22. The van der Waals surface area contributed by atoms with E-state index in [-0.39, 0.29) is 7.43 Å². The van der Waals surface area contributed by atoms with Crippen LogP contribution in [0, 0.1) is 0 Å². The number of nitrogens with one attached hydrogen (secondary N) is 8. The van der Waals surface area contributed by atoms with Crippen LogP contribution in [0.25, 0.3) is 0 Å². The Bertz CT molecular complexity index is 1600. The molecule has 0 bridgehead atoms. The number of aromatic amines is 8. The van der Waals surface area contributed by atoms with Crippen LogP contribution >= 0.6 is 0 Å². The topological polar surface area (TPSA) is 229 Å². The van der Waals surface area contributed by atoms with E-state index in [1.165, 1.54) is 40.9 Å². The average Bonchev–Trinajstić information content (AvgIpc) is 4.34. The first-order chi connectivity index (χ1) is 38.4. The lowest BCUT2D eigenvalue weighted by Gasteiger charge is -1.97. The minimum atomic E-state index is 0. The van der Waals surface area contributed by atoms with Crippen LogP contribution in [0.15, 0.2) is 99.0 Å². The molecule has 0 aromatic carbocycles. The minimum absolute atomic E-state index is 0. The third-order valence-corrected chi connectivity index (χ3v) is 9.03. The van der Waals surface area contributed by atoms with Crippen LogP contribution in [0.5, 0.6) is 0 Å². The van der Waals surface area contributed by atoms with Gasteiger partial charge in [0.05, 0.1) is 12.5 Å². The maximum atomic E-state index is 4.06. The fraction of sp³-hybridized carbons (Fsp3) is 0.631. The summed E-state index contributed by atoms with van der Waals surface area (Å²) in [4.78, 5) is 28.0.